The maximum Gasteiger partial charge on any atom is 0.192 e. The van der Waals surface area contributed by atoms with E-state index in [9.17, 15) is 5.11 Å². The van der Waals surface area contributed by atoms with Crippen molar-refractivity contribution in [2.75, 3.05) is 13.2 Å². The summed E-state index contributed by atoms with van der Waals surface area (Å²) < 4.78 is 12.0. The lowest BCUT2D eigenvalue weighted by Gasteiger charge is -2.40. The Labute approximate surface area is 155 Å². The van der Waals surface area contributed by atoms with Gasteiger partial charge in [0, 0.05) is 12.5 Å². The predicted octanol–water partition coefficient (Wildman–Crippen LogP) is 4.96. The van der Waals surface area contributed by atoms with Crippen LogP contribution < -0.4 is 0 Å². The number of hydrogen-bond acceptors (Lipinski definition) is 3. The molecular weight excluding hydrogens is 328 g/mol. The van der Waals surface area contributed by atoms with E-state index in [1.807, 2.05) is 6.07 Å². The van der Waals surface area contributed by atoms with Crippen molar-refractivity contribution >= 4 is 8.32 Å². The molecule has 0 saturated heterocycles. The third-order valence-electron chi connectivity index (χ3n) is 4.95. The van der Waals surface area contributed by atoms with Gasteiger partial charge in [-0.15, -0.1) is 6.58 Å². The van der Waals surface area contributed by atoms with E-state index >= 15 is 0 Å². The molecule has 0 amide bonds. The first kappa shape index (κ1) is 22.1. The lowest BCUT2D eigenvalue weighted by molar-refractivity contribution is 0.0163. The Morgan fingerprint density at radius 3 is 2.40 bits per heavy atom. The van der Waals surface area contributed by atoms with Crippen LogP contribution >= 0.6 is 0 Å². The van der Waals surface area contributed by atoms with Crippen LogP contribution in [0.25, 0.3) is 0 Å². The summed E-state index contributed by atoms with van der Waals surface area (Å²) >= 11 is 0. The van der Waals surface area contributed by atoms with Gasteiger partial charge in [0.15, 0.2) is 8.32 Å². The van der Waals surface area contributed by atoms with Crippen molar-refractivity contribution in [3.05, 3.63) is 48.6 Å². The first-order valence-corrected chi connectivity index (χ1v) is 12.1. The Hall–Kier alpha value is -0.943. The summed E-state index contributed by atoms with van der Waals surface area (Å²) in [7, 11) is -1.88. The second kappa shape index (κ2) is 10.3. The summed E-state index contributed by atoms with van der Waals surface area (Å²) in [4.78, 5) is 0. The van der Waals surface area contributed by atoms with Crippen molar-refractivity contribution < 1.29 is 14.3 Å². The van der Waals surface area contributed by atoms with Crippen LogP contribution in [0, 0.1) is 0 Å². The van der Waals surface area contributed by atoms with Gasteiger partial charge in [-0.2, -0.15) is 0 Å². The molecule has 25 heavy (non-hydrogen) atoms. The van der Waals surface area contributed by atoms with Crippen LogP contribution in [0.4, 0.5) is 0 Å². The Balaban J connectivity index is 2.70. The largest absolute Gasteiger partial charge is 0.414 e. The average molecular weight is 365 g/mol. The third-order valence-corrected chi connectivity index (χ3v) is 9.48. The highest BCUT2D eigenvalue weighted by atomic mass is 28.4. The first-order chi connectivity index (χ1) is 11.7. The van der Waals surface area contributed by atoms with Crippen molar-refractivity contribution in [3.63, 3.8) is 0 Å². The van der Waals surface area contributed by atoms with Crippen molar-refractivity contribution in [3.8, 4) is 0 Å². The molecule has 0 fully saturated rings. The number of aliphatic hydroxyl groups excluding tert-OH is 1. The molecule has 4 heteroatoms. The molecule has 1 rings (SSSR count). The van der Waals surface area contributed by atoms with Gasteiger partial charge in [0.1, 0.15) is 0 Å². The van der Waals surface area contributed by atoms with Crippen LogP contribution in [0.1, 0.15) is 39.2 Å². The summed E-state index contributed by atoms with van der Waals surface area (Å²) in [6.07, 6.45) is 3.71. The Morgan fingerprint density at radius 1 is 1.20 bits per heavy atom. The standard InChI is InChI=1S/C21H36O3Si/c1-7-15-23-17-19(22)16-20(24-25(5,6)21(2,3)4)14-13-18-11-9-8-10-12-18/h7-12,19-20,22H,1,13-17H2,2-6H3. The van der Waals surface area contributed by atoms with Gasteiger partial charge in [-0.05, 0) is 36.5 Å². The fraction of sp³-hybridized carbons (Fsp3) is 0.619. The van der Waals surface area contributed by atoms with Gasteiger partial charge in [0.05, 0.1) is 19.3 Å². The summed E-state index contributed by atoms with van der Waals surface area (Å²) in [6, 6.07) is 10.5. The Bertz CT molecular complexity index is 494. The summed E-state index contributed by atoms with van der Waals surface area (Å²) in [5.74, 6) is 0. The van der Waals surface area contributed by atoms with Gasteiger partial charge in [0.2, 0.25) is 0 Å². The molecule has 2 unspecified atom stereocenters. The van der Waals surface area contributed by atoms with E-state index in [2.05, 4.69) is 64.7 Å². The van der Waals surface area contributed by atoms with Crippen LogP contribution in [0.3, 0.4) is 0 Å². The van der Waals surface area contributed by atoms with E-state index < -0.39 is 14.4 Å². The number of aryl methyl sites for hydroxylation is 1. The van der Waals surface area contributed by atoms with E-state index in [1.165, 1.54) is 5.56 Å². The quantitative estimate of drug-likeness (QED) is 0.342. The van der Waals surface area contributed by atoms with E-state index in [-0.39, 0.29) is 11.1 Å². The Kier molecular flexibility index (Phi) is 9.07. The second-order valence-electron chi connectivity index (χ2n) is 8.24. The molecule has 0 aliphatic rings. The normalized spacial score (nSPS) is 15.0. The van der Waals surface area contributed by atoms with Crippen LogP contribution in [-0.2, 0) is 15.6 Å². The maximum atomic E-state index is 10.3. The van der Waals surface area contributed by atoms with Gasteiger partial charge < -0.3 is 14.3 Å². The maximum absolute atomic E-state index is 10.3. The fourth-order valence-corrected chi connectivity index (χ4v) is 3.85. The van der Waals surface area contributed by atoms with Gasteiger partial charge in [-0.3, -0.25) is 0 Å². The van der Waals surface area contributed by atoms with Crippen molar-refractivity contribution in [1.29, 1.82) is 0 Å². The van der Waals surface area contributed by atoms with E-state index in [1.54, 1.807) is 6.08 Å². The van der Waals surface area contributed by atoms with Crippen molar-refractivity contribution in [2.24, 2.45) is 0 Å². The highest BCUT2D eigenvalue weighted by Crippen LogP contribution is 2.38. The minimum atomic E-state index is -1.88. The van der Waals surface area contributed by atoms with Gasteiger partial charge in [0.25, 0.3) is 0 Å². The van der Waals surface area contributed by atoms with Crippen LogP contribution in [0.2, 0.25) is 18.1 Å². The molecule has 0 saturated carbocycles. The summed E-state index contributed by atoms with van der Waals surface area (Å²) in [6.45, 7) is 15.7. The minimum Gasteiger partial charge on any atom is -0.414 e. The zero-order valence-corrected chi connectivity index (χ0v) is 17.6. The molecule has 0 heterocycles. The SMILES string of the molecule is C=CCOCC(O)CC(CCc1ccccc1)O[Si](C)(C)C(C)(C)C. The van der Waals surface area contributed by atoms with Crippen LogP contribution in [0.15, 0.2) is 43.0 Å². The van der Waals surface area contributed by atoms with Crippen molar-refractivity contribution in [1.82, 2.24) is 0 Å². The second-order valence-corrected chi connectivity index (χ2v) is 13.0. The molecule has 1 N–H and O–H groups in total. The molecule has 2 atom stereocenters. The third kappa shape index (κ3) is 8.32. The number of aliphatic hydroxyl groups is 1. The van der Waals surface area contributed by atoms with Crippen LogP contribution in [-0.4, -0.2) is 38.8 Å². The molecule has 0 bridgehead atoms. The molecule has 142 valence electrons. The number of ether oxygens (including phenoxy) is 1. The summed E-state index contributed by atoms with van der Waals surface area (Å²) in [5, 5.41) is 10.5. The van der Waals surface area contributed by atoms with E-state index in [4.69, 9.17) is 9.16 Å². The van der Waals surface area contributed by atoms with E-state index in [0.29, 0.717) is 19.6 Å². The molecule has 1 aromatic rings. The number of rotatable bonds is 11. The molecule has 3 nitrogen and oxygen atoms in total. The molecule has 0 aromatic heterocycles. The average Bonchev–Trinajstić information content (AvgIpc) is 2.52. The zero-order chi connectivity index (χ0) is 18.9. The van der Waals surface area contributed by atoms with Gasteiger partial charge in [-0.1, -0.05) is 57.2 Å². The smallest absolute Gasteiger partial charge is 0.192 e. The topological polar surface area (TPSA) is 38.7 Å². The Morgan fingerprint density at radius 2 is 1.84 bits per heavy atom. The molecule has 0 radical (unpaired) electrons. The molecule has 0 aliphatic carbocycles. The number of hydrogen-bond donors (Lipinski definition) is 1. The molecule has 0 aliphatic heterocycles. The van der Waals surface area contributed by atoms with Gasteiger partial charge >= 0.3 is 0 Å². The fourth-order valence-electron chi connectivity index (χ4n) is 2.45. The lowest BCUT2D eigenvalue weighted by atomic mass is 10.0. The molecule has 0 spiro atoms. The monoisotopic (exact) mass is 364 g/mol. The zero-order valence-electron chi connectivity index (χ0n) is 16.6. The minimum absolute atomic E-state index is 0.0448. The number of benzene rings is 1. The van der Waals surface area contributed by atoms with Crippen molar-refractivity contribution in [2.45, 2.75) is 70.4 Å². The lowest BCUT2D eigenvalue weighted by Crippen LogP contribution is -2.45. The van der Waals surface area contributed by atoms with Crippen LogP contribution in [0.5, 0.6) is 0 Å². The van der Waals surface area contributed by atoms with E-state index in [0.717, 1.165) is 12.8 Å². The van der Waals surface area contributed by atoms with Gasteiger partial charge in [-0.25, -0.2) is 0 Å². The predicted molar refractivity (Wildman–Crippen MR) is 108 cm³/mol. The first-order valence-electron chi connectivity index (χ1n) is 9.24. The molecular formula is C21H36O3Si. The highest BCUT2D eigenvalue weighted by Gasteiger charge is 2.39. The molecule has 1 aromatic carbocycles. The summed E-state index contributed by atoms with van der Waals surface area (Å²) in [5.41, 5.74) is 1.31. The highest BCUT2D eigenvalue weighted by molar-refractivity contribution is 6.74.